The second-order valence-electron chi connectivity index (χ2n) is 3.99. The third kappa shape index (κ3) is 2.27. The summed E-state index contributed by atoms with van der Waals surface area (Å²) >= 11 is 0. The molecule has 0 N–H and O–H groups in total. The van der Waals surface area contributed by atoms with Crippen molar-refractivity contribution in [2.75, 3.05) is 44.7 Å². The third-order valence-electron chi connectivity index (χ3n) is 3.14. The van der Waals surface area contributed by atoms with Crippen molar-refractivity contribution < 1.29 is 9.57 Å². The molecule has 0 atom stereocenters. The summed E-state index contributed by atoms with van der Waals surface area (Å²) in [6, 6.07) is 6.14. The average molecular weight is 222 g/mol. The van der Waals surface area contributed by atoms with E-state index in [4.69, 9.17) is 4.84 Å². The first-order valence-electron chi connectivity index (χ1n) is 5.87. The first kappa shape index (κ1) is 11.2. The maximum Gasteiger partial charge on any atom is 0.316 e. The lowest BCUT2D eigenvalue weighted by atomic mass is 10.3. The minimum atomic E-state index is 1.07. The second-order valence-corrected chi connectivity index (χ2v) is 3.99. The number of aromatic nitrogens is 1. The Morgan fingerprint density at radius 2 is 2.00 bits per heavy atom. The van der Waals surface area contributed by atoms with Crippen LogP contribution in [0.1, 0.15) is 6.92 Å². The zero-order chi connectivity index (χ0) is 11.4. The lowest BCUT2D eigenvalue weighted by Crippen LogP contribution is -2.52. The molecule has 0 amide bonds. The van der Waals surface area contributed by atoms with Gasteiger partial charge in [-0.3, -0.25) is 9.80 Å². The Kier molecular flexibility index (Phi) is 3.62. The smallest absolute Gasteiger partial charge is 0.316 e. The van der Waals surface area contributed by atoms with Crippen LogP contribution in [-0.2, 0) is 0 Å². The van der Waals surface area contributed by atoms with Crippen LogP contribution in [0.5, 0.6) is 0 Å². The highest BCUT2D eigenvalue weighted by molar-refractivity contribution is 5.32. The van der Waals surface area contributed by atoms with Gasteiger partial charge in [-0.1, -0.05) is 13.0 Å². The first-order chi connectivity index (χ1) is 7.85. The van der Waals surface area contributed by atoms with Crippen LogP contribution in [0.15, 0.2) is 24.4 Å². The van der Waals surface area contributed by atoms with Gasteiger partial charge in [-0.2, -0.15) is 0 Å². The molecule has 2 heterocycles. The van der Waals surface area contributed by atoms with Gasteiger partial charge in [0.15, 0.2) is 0 Å². The summed E-state index contributed by atoms with van der Waals surface area (Å²) in [4.78, 5) is 10.2. The summed E-state index contributed by atoms with van der Waals surface area (Å²) in [6.45, 7) is 7.77. The molecule has 0 aliphatic carbocycles. The number of nitrogens with zero attached hydrogens (tertiary/aromatic N) is 3. The van der Waals surface area contributed by atoms with E-state index >= 15 is 0 Å². The highest BCUT2D eigenvalue weighted by atomic mass is 16.6. The molecule has 0 spiro atoms. The van der Waals surface area contributed by atoms with Crippen molar-refractivity contribution in [2.45, 2.75) is 6.92 Å². The fourth-order valence-corrected chi connectivity index (χ4v) is 2.11. The van der Waals surface area contributed by atoms with E-state index < -0.39 is 0 Å². The normalized spacial score (nSPS) is 17.5. The van der Waals surface area contributed by atoms with E-state index in [0.717, 1.165) is 38.5 Å². The van der Waals surface area contributed by atoms with Crippen molar-refractivity contribution in [2.24, 2.45) is 0 Å². The molecule has 1 aromatic rings. The Morgan fingerprint density at radius 1 is 1.25 bits per heavy atom. The molecule has 1 aliphatic rings. The van der Waals surface area contributed by atoms with E-state index in [1.54, 1.807) is 7.11 Å². The van der Waals surface area contributed by atoms with Gasteiger partial charge in [0.1, 0.15) is 13.3 Å². The fraction of sp³-hybridized carbons (Fsp3) is 0.583. The molecule has 88 valence electrons. The maximum atomic E-state index is 5.31. The standard InChI is InChI=1S/C12H20N3O/c1-3-13-8-10-14(11-9-13)12-6-4-5-7-15(12)16-2/h4-7H,3,8-11H2,1-2H3/q+1. The third-order valence-corrected chi connectivity index (χ3v) is 3.14. The lowest BCUT2D eigenvalue weighted by Gasteiger charge is -2.30. The number of pyridine rings is 1. The zero-order valence-electron chi connectivity index (χ0n) is 10.1. The Balaban J connectivity index is 2.07. The second kappa shape index (κ2) is 5.16. The molecule has 0 unspecified atom stereocenters. The lowest BCUT2D eigenvalue weighted by molar-refractivity contribution is -0.875. The summed E-state index contributed by atoms with van der Waals surface area (Å²) in [6.07, 6.45) is 1.95. The molecule has 0 aromatic carbocycles. The number of likely N-dealkylation sites (N-methyl/N-ethyl adjacent to an activating group) is 1. The van der Waals surface area contributed by atoms with Gasteiger partial charge in [0.25, 0.3) is 0 Å². The van der Waals surface area contributed by atoms with Gasteiger partial charge in [0.2, 0.25) is 0 Å². The van der Waals surface area contributed by atoms with E-state index in [1.807, 2.05) is 17.0 Å². The van der Waals surface area contributed by atoms with E-state index in [2.05, 4.69) is 28.9 Å². The molecule has 2 rings (SSSR count). The van der Waals surface area contributed by atoms with E-state index in [-0.39, 0.29) is 0 Å². The molecule has 4 nitrogen and oxygen atoms in total. The fourth-order valence-electron chi connectivity index (χ4n) is 2.11. The molecule has 0 saturated carbocycles. The number of piperazine rings is 1. The van der Waals surface area contributed by atoms with E-state index in [9.17, 15) is 0 Å². The molecule has 1 aromatic heterocycles. The highest BCUT2D eigenvalue weighted by Crippen LogP contribution is 2.10. The molecular weight excluding hydrogens is 202 g/mol. The zero-order valence-corrected chi connectivity index (χ0v) is 10.1. The van der Waals surface area contributed by atoms with Crippen LogP contribution < -0.4 is 14.5 Å². The van der Waals surface area contributed by atoms with Crippen LogP contribution >= 0.6 is 0 Å². The summed E-state index contributed by atoms with van der Waals surface area (Å²) in [7, 11) is 1.70. The number of anilines is 1. The summed E-state index contributed by atoms with van der Waals surface area (Å²) in [5, 5.41) is 0. The first-order valence-corrected chi connectivity index (χ1v) is 5.87. The van der Waals surface area contributed by atoms with Crippen molar-refractivity contribution in [1.82, 2.24) is 4.90 Å². The van der Waals surface area contributed by atoms with E-state index in [0.29, 0.717) is 0 Å². The van der Waals surface area contributed by atoms with Crippen molar-refractivity contribution >= 4 is 5.82 Å². The Morgan fingerprint density at radius 3 is 2.62 bits per heavy atom. The molecule has 0 radical (unpaired) electrons. The predicted octanol–water partition coefficient (Wildman–Crippen LogP) is 0.174. The summed E-state index contributed by atoms with van der Waals surface area (Å²) in [5.74, 6) is 1.14. The largest absolute Gasteiger partial charge is 0.339 e. The molecule has 1 aliphatic heterocycles. The monoisotopic (exact) mass is 222 g/mol. The number of hydrogen-bond donors (Lipinski definition) is 0. The van der Waals surface area contributed by atoms with E-state index in [1.165, 1.54) is 0 Å². The minimum absolute atomic E-state index is 1.07. The summed E-state index contributed by atoms with van der Waals surface area (Å²) in [5.41, 5.74) is 0. The molecule has 1 saturated heterocycles. The molecular formula is C12H20N3O+. The number of hydrogen-bond acceptors (Lipinski definition) is 3. The SMILES string of the molecule is CCN1CCN(c2cccc[n+]2OC)CC1. The van der Waals surface area contributed by atoms with Gasteiger partial charge in [-0.15, -0.1) is 0 Å². The van der Waals surface area contributed by atoms with Gasteiger partial charge in [0, 0.05) is 19.2 Å². The number of rotatable bonds is 3. The van der Waals surface area contributed by atoms with Gasteiger partial charge in [-0.05, 0) is 17.3 Å². The Labute approximate surface area is 97.0 Å². The van der Waals surface area contributed by atoms with Crippen LogP contribution in [-0.4, -0.2) is 44.7 Å². The maximum absolute atomic E-state index is 5.31. The van der Waals surface area contributed by atoms with Crippen LogP contribution in [0.3, 0.4) is 0 Å². The highest BCUT2D eigenvalue weighted by Gasteiger charge is 2.24. The van der Waals surface area contributed by atoms with Crippen LogP contribution in [0.25, 0.3) is 0 Å². The van der Waals surface area contributed by atoms with Gasteiger partial charge in [-0.25, -0.2) is 0 Å². The molecule has 4 heteroatoms. The van der Waals surface area contributed by atoms with Gasteiger partial charge >= 0.3 is 5.82 Å². The van der Waals surface area contributed by atoms with Crippen molar-refractivity contribution in [3.63, 3.8) is 0 Å². The van der Waals surface area contributed by atoms with Crippen molar-refractivity contribution in [3.05, 3.63) is 24.4 Å². The van der Waals surface area contributed by atoms with Crippen LogP contribution in [0.2, 0.25) is 0 Å². The Bertz CT molecular complexity index is 335. The van der Waals surface area contributed by atoms with Crippen LogP contribution in [0, 0.1) is 0 Å². The van der Waals surface area contributed by atoms with Crippen LogP contribution in [0.4, 0.5) is 5.82 Å². The summed E-state index contributed by atoms with van der Waals surface area (Å²) < 4.78 is 1.82. The predicted molar refractivity (Wildman–Crippen MR) is 63.5 cm³/mol. The van der Waals surface area contributed by atoms with Crippen molar-refractivity contribution in [3.8, 4) is 0 Å². The van der Waals surface area contributed by atoms with Gasteiger partial charge in [0.05, 0.1) is 13.1 Å². The quantitative estimate of drug-likeness (QED) is 0.680. The Hall–Kier alpha value is -1.29. The van der Waals surface area contributed by atoms with Crippen molar-refractivity contribution in [1.29, 1.82) is 0 Å². The molecule has 0 bridgehead atoms. The van der Waals surface area contributed by atoms with Gasteiger partial charge < -0.3 is 4.84 Å². The topological polar surface area (TPSA) is 19.6 Å². The molecule has 1 fully saturated rings. The molecule has 16 heavy (non-hydrogen) atoms. The average Bonchev–Trinajstić information content (AvgIpc) is 2.39. The minimum Gasteiger partial charge on any atom is -0.339 e.